The first-order valence-electron chi connectivity index (χ1n) is 6.34. The minimum Gasteiger partial charge on any atom is -0.357 e. The van der Waals surface area contributed by atoms with Gasteiger partial charge in [-0.25, -0.2) is 4.98 Å². The van der Waals surface area contributed by atoms with Crippen molar-refractivity contribution >= 4 is 29.1 Å². The largest absolute Gasteiger partial charge is 0.357 e. The van der Waals surface area contributed by atoms with Crippen molar-refractivity contribution in [2.45, 2.75) is 13.8 Å². The Morgan fingerprint density at radius 2 is 1.79 bits per heavy atom. The fraction of sp³-hybridized carbons (Fsp3) is 0.286. The van der Waals surface area contributed by atoms with Gasteiger partial charge in [-0.15, -0.1) is 0 Å². The van der Waals surface area contributed by atoms with Crippen molar-refractivity contribution in [3.63, 3.8) is 0 Å². The summed E-state index contributed by atoms with van der Waals surface area (Å²) in [6.07, 6.45) is 0. The lowest BCUT2D eigenvalue weighted by Crippen LogP contribution is -2.23. The van der Waals surface area contributed by atoms with E-state index in [4.69, 9.17) is 11.6 Å². The lowest BCUT2D eigenvalue weighted by Gasteiger charge is -2.20. The zero-order valence-corrected chi connectivity index (χ0v) is 11.9. The van der Waals surface area contributed by atoms with E-state index in [2.05, 4.69) is 34.0 Å². The van der Waals surface area contributed by atoms with Crippen molar-refractivity contribution in [3.05, 3.63) is 41.6 Å². The summed E-state index contributed by atoms with van der Waals surface area (Å²) in [5.74, 6) is 1.35. The summed E-state index contributed by atoms with van der Waals surface area (Å²) in [4.78, 5) is 10.8. The maximum atomic E-state index is 6.06. The van der Waals surface area contributed by atoms with Crippen LogP contribution in [0.1, 0.15) is 13.8 Å². The second-order valence-electron chi connectivity index (χ2n) is 4.04. The fourth-order valence-electron chi connectivity index (χ4n) is 1.82. The van der Waals surface area contributed by atoms with E-state index in [0.717, 1.165) is 24.6 Å². The molecule has 19 heavy (non-hydrogen) atoms. The molecule has 0 saturated heterocycles. The third-order valence-electron chi connectivity index (χ3n) is 2.80. The molecule has 2 rings (SSSR count). The van der Waals surface area contributed by atoms with Crippen molar-refractivity contribution in [2.75, 3.05) is 23.3 Å². The van der Waals surface area contributed by atoms with Crippen LogP contribution < -0.4 is 10.2 Å². The SMILES string of the molecule is CCN(CC)c1cc(Cl)nc(Nc2ccccc2)n1. The Labute approximate surface area is 118 Å². The molecule has 1 N–H and O–H groups in total. The molecule has 0 aliphatic heterocycles. The lowest BCUT2D eigenvalue weighted by molar-refractivity contribution is 0.843. The Kier molecular flexibility index (Phi) is 4.58. The Hall–Kier alpha value is -1.81. The lowest BCUT2D eigenvalue weighted by atomic mass is 10.3. The van der Waals surface area contributed by atoms with Crippen LogP contribution in [0.15, 0.2) is 36.4 Å². The molecule has 0 aliphatic carbocycles. The zero-order chi connectivity index (χ0) is 13.7. The fourth-order valence-corrected chi connectivity index (χ4v) is 2.00. The molecule has 0 unspecified atom stereocenters. The van der Waals surface area contributed by atoms with Crippen LogP contribution in [0.25, 0.3) is 0 Å². The summed E-state index contributed by atoms with van der Waals surface area (Å²) < 4.78 is 0. The second kappa shape index (κ2) is 6.38. The minimum absolute atomic E-state index is 0.440. The number of nitrogens with one attached hydrogen (secondary N) is 1. The highest BCUT2D eigenvalue weighted by molar-refractivity contribution is 6.29. The average molecular weight is 277 g/mol. The van der Waals surface area contributed by atoms with Gasteiger partial charge in [-0.1, -0.05) is 29.8 Å². The van der Waals surface area contributed by atoms with E-state index in [1.54, 1.807) is 6.07 Å². The highest BCUT2D eigenvalue weighted by Crippen LogP contribution is 2.20. The molecule has 0 saturated carbocycles. The number of halogens is 1. The molecule has 1 aromatic carbocycles. The van der Waals surface area contributed by atoms with Gasteiger partial charge in [-0.2, -0.15) is 4.98 Å². The molecule has 0 spiro atoms. The van der Waals surface area contributed by atoms with Crippen molar-refractivity contribution in [1.82, 2.24) is 9.97 Å². The molecule has 0 radical (unpaired) electrons. The van der Waals surface area contributed by atoms with Crippen molar-refractivity contribution in [1.29, 1.82) is 0 Å². The second-order valence-corrected chi connectivity index (χ2v) is 4.42. The molecular formula is C14H17ClN4. The summed E-state index contributed by atoms with van der Waals surface area (Å²) in [5.41, 5.74) is 0.940. The first kappa shape index (κ1) is 13.6. The first-order valence-corrected chi connectivity index (χ1v) is 6.72. The molecule has 1 aromatic heterocycles. The van der Waals surface area contributed by atoms with E-state index >= 15 is 0 Å². The molecular weight excluding hydrogens is 260 g/mol. The van der Waals surface area contributed by atoms with Crippen molar-refractivity contribution in [2.24, 2.45) is 0 Å². The van der Waals surface area contributed by atoms with Gasteiger partial charge < -0.3 is 10.2 Å². The van der Waals surface area contributed by atoms with Crippen LogP contribution in [0.3, 0.4) is 0 Å². The molecule has 1 heterocycles. The van der Waals surface area contributed by atoms with Gasteiger partial charge in [0.2, 0.25) is 5.95 Å². The Morgan fingerprint density at radius 3 is 2.42 bits per heavy atom. The summed E-state index contributed by atoms with van der Waals surface area (Å²) >= 11 is 6.06. The predicted molar refractivity (Wildman–Crippen MR) is 80.3 cm³/mol. The zero-order valence-electron chi connectivity index (χ0n) is 11.1. The van der Waals surface area contributed by atoms with E-state index in [0.29, 0.717) is 11.1 Å². The summed E-state index contributed by atoms with van der Waals surface area (Å²) in [5, 5.41) is 3.59. The number of hydrogen-bond donors (Lipinski definition) is 1. The maximum Gasteiger partial charge on any atom is 0.230 e. The van der Waals surface area contributed by atoms with Gasteiger partial charge in [0.15, 0.2) is 0 Å². The molecule has 0 amide bonds. The molecule has 0 atom stereocenters. The van der Waals surface area contributed by atoms with E-state index in [9.17, 15) is 0 Å². The van der Waals surface area contributed by atoms with Gasteiger partial charge in [-0.05, 0) is 26.0 Å². The summed E-state index contributed by atoms with van der Waals surface area (Å²) in [7, 11) is 0. The van der Waals surface area contributed by atoms with Crippen LogP contribution in [-0.2, 0) is 0 Å². The standard InChI is InChI=1S/C14H17ClN4/c1-3-19(4-2)13-10-12(15)17-14(18-13)16-11-8-6-5-7-9-11/h5-10H,3-4H2,1-2H3,(H,16,17,18). The first-order chi connectivity index (χ1) is 9.22. The number of para-hydroxylation sites is 1. The Bertz CT molecular complexity index is 526. The smallest absolute Gasteiger partial charge is 0.230 e. The van der Waals surface area contributed by atoms with Crippen LogP contribution in [-0.4, -0.2) is 23.1 Å². The molecule has 0 aliphatic rings. The topological polar surface area (TPSA) is 41.1 Å². The Morgan fingerprint density at radius 1 is 1.11 bits per heavy atom. The summed E-state index contributed by atoms with van der Waals surface area (Å²) in [6.45, 7) is 5.94. The normalized spacial score (nSPS) is 10.3. The van der Waals surface area contributed by atoms with Gasteiger partial charge in [0, 0.05) is 24.8 Å². The van der Waals surface area contributed by atoms with Crippen LogP contribution >= 0.6 is 11.6 Å². The van der Waals surface area contributed by atoms with E-state index in [-0.39, 0.29) is 0 Å². The van der Waals surface area contributed by atoms with E-state index < -0.39 is 0 Å². The quantitative estimate of drug-likeness (QED) is 0.845. The van der Waals surface area contributed by atoms with Crippen LogP contribution in [0.5, 0.6) is 0 Å². The number of aromatic nitrogens is 2. The number of anilines is 3. The number of rotatable bonds is 5. The average Bonchev–Trinajstić information content (AvgIpc) is 2.40. The highest BCUT2D eigenvalue weighted by Gasteiger charge is 2.08. The highest BCUT2D eigenvalue weighted by atomic mass is 35.5. The molecule has 5 heteroatoms. The van der Waals surface area contributed by atoms with E-state index in [1.807, 2.05) is 30.3 Å². The van der Waals surface area contributed by atoms with Crippen LogP contribution in [0.4, 0.5) is 17.5 Å². The number of nitrogens with zero attached hydrogens (tertiary/aromatic N) is 3. The van der Waals surface area contributed by atoms with Gasteiger partial charge in [0.25, 0.3) is 0 Å². The molecule has 0 fully saturated rings. The maximum absolute atomic E-state index is 6.06. The summed E-state index contributed by atoms with van der Waals surface area (Å²) in [6, 6.07) is 11.6. The molecule has 0 bridgehead atoms. The Balaban J connectivity index is 2.26. The van der Waals surface area contributed by atoms with Gasteiger partial charge >= 0.3 is 0 Å². The molecule has 100 valence electrons. The van der Waals surface area contributed by atoms with Crippen molar-refractivity contribution < 1.29 is 0 Å². The third-order valence-corrected chi connectivity index (χ3v) is 2.99. The monoisotopic (exact) mass is 276 g/mol. The minimum atomic E-state index is 0.440. The van der Waals surface area contributed by atoms with Crippen LogP contribution in [0.2, 0.25) is 5.15 Å². The molecule has 2 aromatic rings. The number of benzene rings is 1. The van der Waals surface area contributed by atoms with Crippen LogP contribution in [0, 0.1) is 0 Å². The van der Waals surface area contributed by atoms with Crippen molar-refractivity contribution in [3.8, 4) is 0 Å². The molecule has 4 nitrogen and oxygen atoms in total. The van der Waals surface area contributed by atoms with E-state index in [1.165, 1.54) is 0 Å². The predicted octanol–water partition coefficient (Wildman–Crippen LogP) is 3.72. The number of hydrogen-bond acceptors (Lipinski definition) is 4. The third kappa shape index (κ3) is 3.58. The van der Waals surface area contributed by atoms with Gasteiger partial charge in [0.05, 0.1) is 0 Å². The van der Waals surface area contributed by atoms with Gasteiger partial charge in [0.1, 0.15) is 11.0 Å². The van der Waals surface area contributed by atoms with Gasteiger partial charge in [-0.3, -0.25) is 0 Å².